The summed E-state index contributed by atoms with van der Waals surface area (Å²) >= 11 is 0. The molecule has 2 fully saturated rings. The van der Waals surface area contributed by atoms with E-state index in [1.165, 1.54) is 12.1 Å². The second-order valence-corrected chi connectivity index (χ2v) is 11.7. The highest BCUT2D eigenvalue weighted by molar-refractivity contribution is 6.09. The molecule has 43 heavy (non-hydrogen) atoms. The van der Waals surface area contributed by atoms with Gasteiger partial charge in [-0.2, -0.15) is 5.26 Å². The number of aromatic nitrogens is 1. The number of carbonyl (C=O) groups is 3. The summed E-state index contributed by atoms with van der Waals surface area (Å²) in [6.45, 7) is 6.73. The molecule has 2 aliphatic rings. The van der Waals surface area contributed by atoms with E-state index in [2.05, 4.69) is 15.3 Å². The van der Waals surface area contributed by atoms with Crippen LogP contribution in [0.3, 0.4) is 0 Å². The number of amides is 1. The molecule has 1 aliphatic carbocycles. The van der Waals surface area contributed by atoms with Crippen LogP contribution in [-0.2, 0) is 34.2 Å². The van der Waals surface area contributed by atoms with E-state index in [0.29, 0.717) is 6.42 Å². The van der Waals surface area contributed by atoms with E-state index in [9.17, 15) is 24.8 Å². The minimum atomic E-state index is -2.07. The number of H-pyrrole nitrogens is 1. The smallest absolute Gasteiger partial charge is 0.323 e. The molecular formula is C30H44N6O7. The van der Waals surface area contributed by atoms with Gasteiger partial charge in [0.2, 0.25) is 11.5 Å². The fourth-order valence-corrected chi connectivity index (χ4v) is 5.21. The summed E-state index contributed by atoms with van der Waals surface area (Å²) in [5.74, 6) is -1.85. The first-order chi connectivity index (χ1) is 20.5. The molecule has 1 aliphatic heterocycles. The van der Waals surface area contributed by atoms with Crippen molar-refractivity contribution >= 4 is 30.0 Å². The Balaban J connectivity index is 1.87. The molecule has 6 N–H and O–H groups in total. The first kappa shape index (κ1) is 33.9. The number of hydrogen-bond acceptors (Lipinski definition) is 10. The van der Waals surface area contributed by atoms with Gasteiger partial charge in [-0.05, 0) is 43.2 Å². The Bertz CT molecular complexity index is 1220. The maximum absolute atomic E-state index is 12.8. The van der Waals surface area contributed by atoms with Crippen molar-refractivity contribution in [3.8, 4) is 6.07 Å². The minimum Gasteiger partial charge on any atom is -0.463 e. The summed E-state index contributed by atoms with van der Waals surface area (Å²) < 4.78 is 17.2. The van der Waals surface area contributed by atoms with Crippen molar-refractivity contribution in [1.82, 2.24) is 10.3 Å². The van der Waals surface area contributed by atoms with Crippen molar-refractivity contribution in [3.05, 3.63) is 23.5 Å². The molecule has 1 saturated carbocycles. The standard InChI is InChI=1S/C30H44N6O7/c1-5-18(4)28(39)36-27(34-16-32)20-11-12-22(35-20)30(15-31)26(38)25(42-29(40)24(33)17(2)3)21(43-30)14-41-23(37)13-19-9-7-6-8-10-19/h11-12,16-19,21,24-26,35,38H,5-10,13-14,33H2,1-4H3,(H2,32,34,36,39)/t18-,21+,24-,25+,26+,30-/m0/s1. The van der Waals surface area contributed by atoms with Crippen molar-refractivity contribution in [2.45, 2.75) is 103 Å². The van der Waals surface area contributed by atoms with Gasteiger partial charge in [0.15, 0.2) is 11.9 Å². The number of ether oxygens (including phenoxy) is 3. The van der Waals surface area contributed by atoms with Gasteiger partial charge in [0.25, 0.3) is 0 Å². The van der Waals surface area contributed by atoms with Gasteiger partial charge in [-0.25, -0.2) is 4.99 Å². The number of aliphatic hydroxyl groups is 1. The van der Waals surface area contributed by atoms with Crippen LogP contribution in [-0.4, -0.2) is 71.1 Å². The maximum Gasteiger partial charge on any atom is 0.323 e. The predicted octanol–water partition coefficient (Wildman–Crippen LogP) is 2.42. The van der Waals surface area contributed by atoms with E-state index in [1.807, 2.05) is 13.0 Å². The van der Waals surface area contributed by atoms with Crippen LogP contribution in [0.15, 0.2) is 17.1 Å². The van der Waals surface area contributed by atoms with Gasteiger partial charge in [0.1, 0.15) is 37.3 Å². The average Bonchev–Trinajstić information content (AvgIpc) is 3.59. The van der Waals surface area contributed by atoms with E-state index in [4.69, 9.17) is 25.4 Å². The summed E-state index contributed by atoms with van der Waals surface area (Å²) in [6, 6.07) is 3.98. The largest absolute Gasteiger partial charge is 0.463 e. The molecule has 0 unspecified atom stereocenters. The Kier molecular flexibility index (Phi) is 12.0. The molecule has 236 valence electrons. The third-order valence-corrected chi connectivity index (χ3v) is 8.27. The lowest BCUT2D eigenvalue weighted by Gasteiger charge is -2.25. The predicted molar refractivity (Wildman–Crippen MR) is 157 cm³/mol. The SMILES string of the molecule is CC[C@H](C)C(=O)NC(=NC=N)c1ccc([C@]2(C#N)O[C@H](COC(=O)CC3CCCCC3)[C@@H](OC(=O)[C@@H](N)C(C)C)[C@H]2O)[nH]1. The van der Waals surface area contributed by atoms with Gasteiger partial charge in [-0.1, -0.05) is 47.0 Å². The lowest BCUT2D eigenvalue weighted by molar-refractivity contribution is -0.162. The van der Waals surface area contributed by atoms with E-state index in [0.717, 1.165) is 38.4 Å². The van der Waals surface area contributed by atoms with Crippen molar-refractivity contribution in [2.24, 2.45) is 28.5 Å². The molecule has 13 heteroatoms. The van der Waals surface area contributed by atoms with Crippen LogP contribution in [0.1, 0.15) is 84.0 Å². The molecule has 0 radical (unpaired) electrons. The third-order valence-electron chi connectivity index (χ3n) is 8.27. The zero-order chi connectivity index (χ0) is 31.7. The summed E-state index contributed by atoms with van der Waals surface area (Å²) in [4.78, 5) is 44.9. The summed E-state index contributed by atoms with van der Waals surface area (Å²) in [6.07, 6.45) is 2.53. The molecule has 1 aromatic rings. The Morgan fingerprint density at radius 3 is 2.60 bits per heavy atom. The number of esters is 2. The Morgan fingerprint density at radius 1 is 1.30 bits per heavy atom. The molecule has 6 atom stereocenters. The van der Waals surface area contributed by atoms with Crippen LogP contribution in [0.5, 0.6) is 0 Å². The fourth-order valence-electron chi connectivity index (χ4n) is 5.21. The highest BCUT2D eigenvalue weighted by atomic mass is 16.6. The second-order valence-electron chi connectivity index (χ2n) is 11.7. The van der Waals surface area contributed by atoms with Crippen LogP contribution >= 0.6 is 0 Å². The van der Waals surface area contributed by atoms with Crippen molar-refractivity contribution in [2.75, 3.05) is 6.61 Å². The molecule has 1 amide bonds. The van der Waals surface area contributed by atoms with Gasteiger partial charge in [-0.15, -0.1) is 0 Å². The quantitative estimate of drug-likeness (QED) is 0.135. The number of nitrogens with one attached hydrogen (secondary N) is 3. The Hall–Kier alpha value is -3.60. The number of nitriles is 1. The molecule has 0 aromatic carbocycles. The Morgan fingerprint density at radius 2 is 2.00 bits per heavy atom. The number of rotatable bonds is 12. The Labute approximate surface area is 252 Å². The number of nitrogens with zero attached hydrogens (tertiary/aromatic N) is 2. The van der Waals surface area contributed by atoms with Crippen LogP contribution in [0, 0.1) is 34.5 Å². The molecule has 1 saturated heterocycles. The number of carbonyl (C=O) groups excluding carboxylic acids is 3. The lowest BCUT2D eigenvalue weighted by Crippen LogP contribution is -2.46. The van der Waals surface area contributed by atoms with Gasteiger partial charge in [0, 0.05) is 12.3 Å². The third kappa shape index (κ3) is 8.07. The van der Waals surface area contributed by atoms with Crippen LogP contribution < -0.4 is 11.1 Å². The van der Waals surface area contributed by atoms with Gasteiger partial charge < -0.3 is 35.4 Å². The topological polar surface area (TPSA) is 213 Å². The van der Waals surface area contributed by atoms with E-state index in [-0.39, 0.29) is 53.9 Å². The first-order valence-corrected chi connectivity index (χ1v) is 14.9. The van der Waals surface area contributed by atoms with Gasteiger partial charge in [0.05, 0.1) is 11.4 Å². The zero-order valence-electron chi connectivity index (χ0n) is 25.3. The number of aliphatic hydroxyl groups excluding tert-OH is 1. The molecular weight excluding hydrogens is 556 g/mol. The molecule has 2 heterocycles. The number of hydrogen-bond donors (Lipinski definition) is 5. The highest BCUT2D eigenvalue weighted by Crippen LogP contribution is 2.41. The number of aromatic amines is 1. The highest BCUT2D eigenvalue weighted by Gasteiger charge is 2.59. The molecule has 3 rings (SSSR count). The average molecular weight is 601 g/mol. The molecule has 0 spiro atoms. The van der Waals surface area contributed by atoms with E-state index < -0.39 is 41.9 Å². The maximum atomic E-state index is 12.8. The van der Waals surface area contributed by atoms with Crippen molar-refractivity contribution < 1.29 is 33.7 Å². The van der Waals surface area contributed by atoms with Crippen molar-refractivity contribution in [1.29, 1.82) is 10.7 Å². The fraction of sp³-hybridized carbons (Fsp3) is 0.667. The molecule has 1 aromatic heterocycles. The first-order valence-electron chi connectivity index (χ1n) is 14.9. The molecule has 13 nitrogen and oxygen atoms in total. The summed E-state index contributed by atoms with van der Waals surface area (Å²) in [7, 11) is 0. The number of aliphatic imine (C=N–C) groups is 1. The van der Waals surface area contributed by atoms with Crippen LogP contribution in [0.4, 0.5) is 0 Å². The number of amidine groups is 1. The van der Waals surface area contributed by atoms with Crippen LogP contribution in [0.25, 0.3) is 0 Å². The van der Waals surface area contributed by atoms with Gasteiger partial charge in [-0.3, -0.25) is 19.8 Å². The van der Waals surface area contributed by atoms with Crippen molar-refractivity contribution in [3.63, 3.8) is 0 Å². The van der Waals surface area contributed by atoms with E-state index in [1.54, 1.807) is 20.8 Å². The zero-order valence-corrected chi connectivity index (χ0v) is 25.3. The minimum absolute atomic E-state index is 0.0335. The van der Waals surface area contributed by atoms with Crippen LogP contribution in [0.2, 0.25) is 0 Å². The normalized spacial score (nSPS) is 25.9. The molecule has 0 bridgehead atoms. The van der Waals surface area contributed by atoms with Gasteiger partial charge >= 0.3 is 11.9 Å². The van der Waals surface area contributed by atoms with E-state index >= 15 is 0 Å². The summed E-state index contributed by atoms with van der Waals surface area (Å²) in [5.41, 5.74) is 4.25. The lowest BCUT2D eigenvalue weighted by atomic mass is 9.87. The monoisotopic (exact) mass is 600 g/mol. The second kappa shape index (κ2) is 15.2. The summed E-state index contributed by atoms with van der Waals surface area (Å²) in [5, 5.41) is 31.9. The number of nitrogens with two attached hydrogens (primary N) is 1.